The predicted molar refractivity (Wildman–Crippen MR) is 78.1 cm³/mol. The van der Waals surface area contributed by atoms with Crippen LogP contribution in [0.1, 0.15) is 32.6 Å². The summed E-state index contributed by atoms with van der Waals surface area (Å²) in [5, 5.41) is 0. The van der Waals surface area contributed by atoms with E-state index in [2.05, 4.69) is 0 Å². The molecule has 0 unspecified atom stereocenters. The van der Waals surface area contributed by atoms with E-state index in [9.17, 15) is 4.79 Å². The molecule has 1 heterocycles. The van der Waals surface area contributed by atoms with Crippen LogP contribution in [0.15, 0.2) is 24.3 Å². The van der Waals surface area contributed by atoms with Gasteiger partial charge < -0.3 is 14.4 Å². The van der Waals surface area contributed by atoms with Crippen LogP contribution in [0, 0.1) is 0 Å². The van der Waals surface area contributed by atoms with E-state index in [-0.39, 0.29) is 5.91 Å². The lowest BCUT2D eigenvalue weighted by Gasteiger charge is -2.24. The van der Waals surface area contributed by atoms with Crippen LogP contribution in [0.3, 0.4) is 0 Å². The number of carbonyl (C=O) groups excluding carboxylic acids is 1. The Morgan fingerprint density at radius 2 is 1.60 bits per heavy atom. The molecule has 0 N–H and O–H groups in total. The van der Waals surface area contributed by atoms with Crippen LogP contribution in [0.4, 0.5) is 0 Å². The van der Waals surface area contributed by atoms with Gasteiger partial charge in [0.15, 0.2) is 6.10 Å². The van der Waals surface area contributed by atoms with Crippen molar-refractivity contribution < 1.29 is 14.3 Å². The standard InChI is InChI=1S/C16H23NO3/c1-13(16(18)17-11-5-3-4-6-12-17)20-15-9-7-14(19-2)8-10-15/h7-10,13H,3-6,11-12H2,1-2H3/t13-/m1/s1. The summed E-state index contributed by atoms with van der Waals surface area (Å²) in [7, 11) is 1.63. The van der Waals surface area contributed by atoms with Gasteiger partial charge in [-0.15, -0.1) is 0 Å². The third-order valence-electron chi connectivity index (χ3n) is 3.64. The third-order valence-corrected chi connectivity index (χ3v) is 3.64. The highest BCUT2D eigenvalue weighted by molar-refractivity contribution is 5.80. The molecule has 1 saturated heterocycles. The molecular weight excluding hydrogens is 254 g/mol. The SMILES string of the molecule is COc1ccc(O[C@H](C)C(=O)N2CCCCCC2)cc1. The van der Waals surface area contributed by atoms with Crippen molar-refractivity contribution >= 4 is 5.91 Å². The van der Waals surface area contributed by atoms with Crippen molar-refractivity contribution in [1.29, 1.82) is 0 Å². The zero-order chi connectivity index (χ0) is 14.4. The van der Waals surface area contributed by atoms with Gasteiger partial charge in [-0.3, -0.25) is 4.79 Å². The molecule has 20 heavy (non-hydrogen) atoms. The number of likely N-dealkylation sites (tertiary alicyclic amines) is 1. The minimum Gasteiger partial charge on any atom is -0.497 e. The van der Waals surface area contributed by atoms with Gasteiger partial charge in [0, 0.05) is 13.1 Å². The zero-order valence-electron chi connectivity index (χ0n) is 12.3. The monoisotopic (exact) mass is 277 g/mol. The molecule has 0 bridgehead atoms. The number of hydrogen-bond acceptors (Lipinski definition) is 3. The molecule has 0 aliphatic carbocycles. The van der Waals surface area contributed by atoms with Crippen molar-refractivity contribution in [3.05, 3.63) is 24.3 Å². The fourth-order valence-electron chi connectivity index (χ4n) is 2.46. The fraction of sp³-hybridized carbons (Fsp3) is 0.562. The molecule has 1 aromatic carbocycles. The highest BCUT2D eigenvalue weighted by Gasteiger charge is 2.22. The zero-order valence-corrected chi connectivity index (χ0v) is 12.3. The molecule has 0 aromatic heterocycles. The summed E-state index contributed by atoms with van der Waals surface area (Å²) >= 11 is 0. The molecule has 1 amide bonds. The smallest absolute Gasteiger partial charge is 0.263 e. The Bertz CT molecular complexity index is 422. The first-order valence-corrected chi connectivity index (χ1v) is 7.30. The van der Waals surface area contributed by atoms with Crippen LogP contribution in [0.2, 0.25) is 0 Å². The minimum absolute atomic E-state index is 0.0859. The van der Waals surface area contributed by atoms with Crippen LogP contribution in [0.5, 0.6) is 11.5 Å². The number of ether oxygens (including phenoxy) is 2. The average molecular weight is 277 g/mol. The van der Waals surface area contributed by atoms with Crippen LogP contribution < -0.4 is 9.47 Å². The molecule has 4 nitrogen and oxygen atoms in total. The van der Waals surface area contributed by atoms with Gasteiger partial charge in [0.2, 0.25) is 0 Å². The molecule has 1 aliphatic heterocycles. The Hall–Kier alpha value is -1.71. The predicted octanol–water partition coefficient (Wildman–Crippen LogP) is 2.87. The summed E-state index contributed by atoms with van der Waals surface area (Å²) in [6.45, 7) is 3.53. The molecule has 4 heteroatoms. The maximum Gasteiger partial charge on any atom is 0.263 e. The number of rotatable bonds is 4. The molecule has 1 fully saturated rings. The second kappa shape index (κ2) is 7.17. The molecule has 110 valence electrons. The van der Waals surface area contributed by atoms with E-state index in [4.69, 9.17) is 9.47 Å². The Balaban J connectivity index is 1.92. The van der Waals surface area contributed by atoms with Gasteiger partial charge in [-0.2, -0.15) is 0 Å². The topological polar surface area (TPSA) is 38.8 Å². The van der Waals surface area contributed by atoms with Gasteiger partial charge in [0.1, 0.15) is 11.5 Å². The maximum absolute atomic E-state index is 12.4. The molecule has 1 aliphatic rings. The summed E-state index contributed by atoms with van der Waals surface area (Å²) < 4.78 is 10.8. The van der Waals surface area contributed by atoms with Crippen LogP contribution in [-0.4, -0.2) is 37.1 Å². The first kappa shape index (κ1) is 14.7. The van der Waals surface area contributed by atoms with Gasteiger partial charge in [-0.1, -0.05) is 12.8 Å². The number of nitrogens with zero attached hydrogens (tertiary/aromatic N) is 1. The van der Waals surface area contributed by atoms with Gasteiger partial charge >= 0.3 is 0 Å². The van der Waals surface area contributed by atoms with E-state index in [1.54, 1.807) is 7.11 Å². The van der Waals surface area contributed by atoms with E-state index in [0.717, 1.165) is 31.7 Å². The van der Waals surface area contributed by atoms with E-state index >= 15 is 0 Å². The highest BCUT2D eigenvalue weighted by Crippen LogP contribution is 2.19. The molecule has 2 rings (SSSR count). The Kier molecular flexibility index (Phi) is 5.27. The van der Waals surface area contributed by atoms with Gasteiger partial charge in [0.05, 0.1) is 7.11 Å². The number of methoxy groups -OCH3 is 1. The lowest BCUT2D eigenvalue weighted by molar-refractivity contribution is -0.137. The van der Waals surface area contributed by atoms with Crippen molar-refractivity contribution in [2.24, 2.45) is 0 Å². The third kappa shape index (κ3) is 3.89. The second-order valence-electron chi connectivity index (χ2n) is 5.18. The summed E-state index contributed by atoms with van der Waals surface area (Å²) in [6, 6.07) is 7.31. The fourth-order valence-corrected chi connectivity index (χ4v) is 2.46. The van der Waals surface area contributed by atoms with Gasteiger partial charge in [0.25, 0.3) is 5.91 Å². The summed E-state index contributed by atoms with van der Waals surface area (Å²) in [6.07, 6.45) is 4.19. The van der Waals surface area contributed by atoms with Crippen LogP contribution in [-0.2, 0) is 4.79 Å². The van der Waals surface area contributed by atoms with E-state index in [0.29, 0.717) is 5.75 Å². The average Bonchev–Trinajstić information content (AvgIpc) is 2.76. The molecular formula is C16H23NO3. The molecule has 0 radical (unpaired) electrons. The first-order chi connectivity index (χ1) is 9.70. The van der Waals surface area contributed by atoms with Crippen molar-refractivity contribution in [1.82, 2.24) is 4.90 Å². The second-order valence-corrected chi connectivity index (χ2v) is 5.18. The van der Waals surface area contributed by atoms with Crippen molar-refractivity contribution in [3.8, 4) is 11.5 Å². The number of amides is 1. The Morgan fingerprint density at radius 3 is 2.15 bits per heavy atom. The van der Waals surface area contributed by atoms with Crippen molar-refractivity contribution in [3.63, 3.8) is 0 Å². The first-order valence-electron chi connectivity index (χ1n) is 7.30. The molecule has 0 saturated carbocycles. The molecule has 0 spiro atoms. The normalized spacial score (nSPS) is 17.2. The van der Waals surface area contributed by atoms with E-state index in [1.807, 2.05) is 36.1 Å². The quantitative estimate of drug-likeness (QED) is 0.849. The summed E-state index contributed by atoms with van der Waals surface area (Å²) in [5.74, 6) is 1.56. The lowest BCUT2D eigenvalue weighted by Crippen LogP contribution is -2.40. The highest BCUT2D eigenvalue weighted by atomic mass is 16.5. The lowest BCUT2D eigenvalue weighted by atomic mass is 10.2. The van der Waals surface area contributed by atoms with Crippen LogP contribution in [0.25, 0.3) is 0 Å². The molecule has 1 atom stereocenters. The Labute approximate surface area is 120 Å². The van der Waals surface area contributed by atoms with E-state index < -0.39 is 6.10 Å². The largest absolute Gasteiger partial charge is 0.497 e. The number of carbonyl (C=O) groups is 1. The van der Waals surface area contributed by atoms with Crippen LogP contribution >= 0.6 is 0 Å². The van der Waals surface area contributed by atoms with Gasteiger partial charge in [-0.05, 0) is 44.0 Å². The summed E-state index contributed by atoms with van der Waals surface area (Å²) in [4.78, 5) is 14.3. The Morgan fingerprint density at radius 1 is 1.05 bits per heavy atom. The number of hydrogen-bond donors (Lipinski definition) is 0. The molecule has 1 aromatic rings. The number of benzene rings is 1. The minimum atomic E-state index is -0.443. The summed E-state index contributed by atoms with van der Waals surface area (Å²) in [5.41, 5.74) is 0. The van der Waals surface area contributed by atoms with Gasteiger partial charge in [-0.25, -0.2) is 0 Å². The van der Waals surface area contributed by atoms with Crippen molar-refractivity contribution in [2.75, 3.05) is 20.2 Å². The van der Waals surface area contributed by atoms with Crippen molar-refractivity contribution in [2.45, 2.75) is 38.7 Å². The van der Waals surface area contributed by atoms with E-state index in [1.165, 1.54) is 12.8 Å². The maximum atomic E-state index is 12.4.